The van der Waals surface area contributed by atoms with Crippen LogP contribution in [0.25, 0.3) is 0 Å². The highest BCUT2D eigenvalue weighted by molar-refractivity contribution is 9.10. The maximum atomic E-state index is 11.6. The lowest BCUT2D eigenvalue weighted by Gasteiger charge is -2.22. The lowest BCUT2D eigenvalue weighted by atomic mass is 9.89. The molecule has 2 aliphatic rings. The number of nitrogens with two attached hydrogens (primary N) is 1. The fourth-order valence-corrected chi connectivity index (χ4v) is 4.81. The van der Waals surface area contributed by atoms with E-state index in [9.17, 15) is 8.42 Å². The van der Waals surface area contributed by atoms with Crippen molar-refractivity contribution in [1.82, 2.24) is 0 Å². The zero-order chi connectivity index (χ0) is 14.3. The SMILES string of the molecule is NS(=O)(=O)c1cc(Br)ccc1OCC1CC2CCC1C2. The Morgan fingerprint density at radius 1 is 1.30 bits per heavy atom. The van der Waals surface area contributed by atoms with Crippen LogP contribution in [0.1, 0.15) is 25.7 Å². The smallest absolute Gasteiger partial charge is 0.241 e. The number of hydrogen-bond acceptors (Lipinski definition) is 3. The maximum Gasteiger partial charge on any atom is 0.241 e. The predicted octanol–water partition coefficient (Wildman–Crippen LogP) is 2.91. The Hall–Kier alpha value is -0.590. The van der Waals surface area contributed by atoms with Crippen molar-refractivity contribution in [2.24, 2.45) is 22.9 Å². The molecule has 0 radical (unpaired) electrons. The van der Waals surface area contributed by atoms with Crippen LogP contribution in [0.4, 0.5) is 0 Å². The molecule has 2 aliphatic carbocycles. The van der Waals surface area contributed by atoms with E-state index in [0.717, 1.165) is 11.8 Å². The molecule has 2 fully saturated rings. The minimum atomic E-state index is -3.77. The van der Waals surface area contributed by atoms with E-state index in [4.69, 9.17) is 9.88 Å². The van der Waals surface area contributed by atoms with E-state index in [2.05, 4.69) is 15.9 Å². The molecular formula is C14H18BrNO3S. The summed E-state index contributed by atoms with van der Waals surface area (Å²) in [5, 5.41) is 5.24. The van der Waals surface area contributed by atoms with Crippen molar-refractivity contribution in [3.8, 4) is 5.75 Å². The molecule has 0 spiro atoms. The second-order valence-corrected chi connectivity index (χ2v) is 8.33. The van der Waals surface area contributed by atoms with Crippen LogP contribution in [0.15, 0.2) is 27.6 Å². The molecule has 110 valence electrons. The summed E-state index contributed by atoms with van der Waals surface area (Å²) in [6.45, 7) is 0.589. The van der Waals surface area contributed by atoms with Gasteiger partial charge in [-0.3, -0.25) is 0 Å². The number of halogens is 1. The highest BCUT2D eigenvalue weighted by Gasteiger charge is 2.39. The summed E-state index contributed by atoms with van der Waals surface area (Å²) in [6.07, 6.45) is 5.17. The first-order valence-corrected chi connectivity index (χ1v) is 9.22. The second-order valence-electron chi connectivity index (χ2n) is 5.88. The standard InChI is InChI=1S/C14H18BrNO3S/c15-12-3-4-13(14(7-12)20(16,17)18)19-8-11-6-9-1-2-10(11)5-9/h3-4,7,9-11H,1-2,5-6,8H2,(H2,16,17,18). The molecule has 1 aromatic rings. The minimum Gasteiger partial charge on any atom is -0.492 e. The van der Waals surface area contributed by atoms with E-state index in [1.54, 1.807) is 12.1 Å². The molecule has 0 aliphatic heterocycles. The molecule has 20 heavy (non-hydrogen) atoms. The molecule has 0 saturated heterocycles. The molecular weight excluding hydrogens is 342 g/mol. The van der Waals surface area contributed by atoms with Gasteiger partial charge in [0.15, 0.2) is 0 Å². The van der Waals surface area contributed by atoms with Gasteiger partial charge in [0.25, 0.3) is 0 Å². The number of primary sulfonamides is 1. The van der Waals surface area contributed by atoms with Gasteiger partial charge in [0, 0.05) is 4.47 Å². The van der Waals surface area contributed by atoms with Crippen molar-refractivity contribution >= 4 is 26.0 Å². The third-order valence-electron chi connectivity index (χ3n) is 4.55. The Balaban J connectivity index is 1.74. The van der Waals surface area contributed by atoms with Gasteiger partial charge in [0.1, 0.15) is 10.6 Å². The summed E-state index contributed by atoms with van der Waals surface area (Å²) in [6, 6.07) is 4.92. The molecule has 3 rings (SSSR count). The summed E-state index contributed by atoms with van der Waals surface area (Å²) < 4.78 is 29.7. The third-order valence-corrected chi connectivity index (χ3v) is 5.98. The summed E-state index contributed by atoms with van der Waals surface area (Å²) in [7, 11) is -3.77. The van der Waals surface area contributed by atoms with Gasteiger partial charge in [-0.2, -0.15) is 0 Å². The maximum absolute atomic E-state index is 11.6. The van der Waals surface area contributed by atoms with Gasteiger partial charge in [-0.05, 0) is 55.2 Å². The predicted molar refractivity (Wildman–Crippen MR) is 79.9 cm³/mol. The number of sulfonamides is 1. The van der Waals surface area contributed by atoms with E-state index in [-0.39, 0.29) is 4.90 Å². The average Bonchev–Trinajstić information content (AvgIpc) is 2.98. The quantitative estimate of drug-likeness (QED) is 0.898. The molecule has 0 aromatic heterocycles. The molecule has 2 N–H and O–H groups in total. The van der Waals surface area contributed by atoms with Gasteiger partial charge < -0.3 is 4.74 Å². The molecule has 0 amide bonds. The molecule has 4 nitrogen and oxygen atoms in total. The molecule has 0 heterocycles. The van der Waals surface area contributed by atoms with Crippen molar-refractivity contribution in [2.45, 2.75) is 30.6 Å². The van der Waals surface area contributed by atoms with Crippen LogP contribution in [0.2, 0.25) is 0 Å². The highest BCUT2D eigenvalue weighted by atomic mass is 79.9. The minimum absolute atomic E-state index is 0.0510. The molecule has 3 atom stereocenters. The van der Waals surface area contributed by atoms with Crippen molar-refractivity contribution in [3.63, 3.8) is 0 Å². The number of rotatable bonds is 4. The van der Waals surface area contributed by atoms with E-state index in [1.165, 1.54) is 31.7 Å². The fraction of sp³-hybridized carbons (Fsp3) is 0.571. The van der Waals surface area contributed by atoms with Crippen LogP contribution in [0.3, 0.4) is 0 Å². The largest absolute Gasteiger partial charge is 0.492 e. The van der Waals surface area contributed by atoms with Gasteiger partial charge in [0.2, 0.25) is 10.0 Å². The van der Waals surface area contributed by atoms with Crippen molar-refractivity contribution in [1.29, 1.82) is 0 Å². The summed E-state index contributed by atoms with van der Waals surface area (Å²) in [5.74, 6) is 2.54. The van der Waals surface area contributed by atoms with Crippen molar-refractivity contribution in [3.05, 3.63) is 22.7 Å². The van der Waals surface area contributed by atoms with Crippen LogP contribution in [-0.2, 0) is 10.0 Å². The molecule has 2 bridgehead atoms. The van der Waals surface area contributed by atoms with Gasteiger partial charge in [-0.25, -0.2) is 13.6 Å². The monoisotopic (exact) mass is 359 g/mol. The first-order chi connectivity index (χ1) is 9.43. The van der Waals surface area contributed by atoms with Crippen LogP contribution < -0.4 is 9.88 Å². The van der Waals surface area contributed by atoms with Crippen LogP contribution in [0, 0.1) is 17.8 Å². The summed E-state index contributed by atoms with van der Waals surface area (Å²) in [4.78, 5) is 0.0510. The summed E-state index contributed by atoms with van der Waals surface area (Å²) >= 11 is 3.26. The molecule has 3 unspecified atom stereocenters. The van der Waals surface area contributed by atoms with Gasteiger partial charge >= 0.3 is 0 Å². The average molecular weight is 360 g/mol. The van der Waals surface area contributed by atoms with Crippen LogP contribution in [0.5, 0.6) is 5.75 Å². The van der Waals surface area contributed by atoms with Crippen molar-refractivity contribution in [2.75, 3.05) is 6.61 Å². The Morgan fingerprint density at radius 3 is 2.70 bits per heavy atom. The number of benzene rings is 1. The number of fused-ring (bicyclic) bond motifs is 2. The van der Waals surface area contributed by atoms with Gasteiger partial charge in [0.05, 0.1) is 6.61 Å². The number of ether oxygens (including phenoxy) is 1. The van der Waals surface area contributed by atoms with Gasteiger partial charge in [-0.15, -0.1) is 0 Å². The lowest BCUT2D eigenvalue weighted by molar-refractivity contribution is 0.191. The van der Waals surface area contributed by atoms with Crippen LogP contribution in [-0.4, -0.2) is 15.0 Å². The van der Waals surface area contributed by atoms with E-state index >= 15 is 0 Å². The molecule has 6 heteroatoms. The van der Waals surface area contributed by atoms with Crippen molar-refractivity contribution < 1.29 is 13.2 Å². The zero-order valence-corrected chi connectivity index (χ0v) is 13.5. The topological polar surface area (TPSA) is 69.4 Å². The Bertz CT molecular complexity index is 617. The summed E-state index contributed by atoms with van der Waals surface area (Å²) in [5.41, 5.74) is 0. The highest BCUT2D eigenvalue weighted by Crippen LogP contribution is 2.48. The normalized spacial score (nSPS) is 28.8. The van der Waals surface area contributed by atoms with E-state index < -0.39 is 10.0 Å². The Labute approximate surface area is 127 Å². The molecule has 2 saturated carbocycles. The lowest BCUT2D eigenvalue weighted by Crippen LogP contribution is -2.20. The Morgan fingerprint density at radius 2 is 2.10 bits per heavy atom. The Kier molecular flexibility index (Phi) is 3.81. The zero-order valence-electron chi connectivity index (χ0n) is 11.1. The van der Waals surface area contributed by atoms with Gasteiger partial charge in [-0.1, -0.05) is 22.4 Å². The molecule has 1 aromatic carbocycles. The number of hydrogen-bond donors (Lipinski definition) is 1. The van der Waals surface area contributed by atoms with E-state index in [1.807, 2.05) is 0 Å². The third kappa shape index (κ3) is 2.87. The van der Waals surface area contributed by atoms with Crippen LogP contribution >= 0.6 is 15.9 Å². The second kappa shape index (κ2) is 5.31. The fourth-order valence-electron chi connectivity index (χ4n) is 3.60. The first kappa shape index (κ1) is 14.4. The van der Waals surface area contributed by atoms with E-state index in [0.29, 0.717) is 22.7 Å². The first-order valence-electron chi connectivity index (χ1n) is 6.88.